The minimum absolute atomic E-state index is 0.0689. The number of nitrogens with one attached hydrogen (secondary N) is 1. The molecule has 0 bridgehead atoms. The number of carbonyl (C=O) groups excluding carboxylic acids is 1. The first-order valence-corrected chi connectivity index (χ1v) is 21.0. The van der Waals surface area contributed by atoms with Crippen LogP contribution in [0.3, 0.4) is 0 Å². The Bertz CT molecular complexity index is 2100. The van der Waals surface area contributed by atoms with E-state index in [4.69, 9.17) is 10.8 Å². The quantitative estimate of drug-likeness (QED) is 0.0797. The van der Waals surface area contributed by atoms with Crippen molar-refractivity contribution in [3.63, 3.8) is 0 Å². The van der Waals surface area contributed by atoms with Crippen LogP contribution in [0.1, 0.15) is 90.7 Å². The molecule has 1 amide bonds. The third-order valence-corrected chi connectivity index (χ3v) is 11.9. The van der Waals surface area contributed by atoms with Gasteiger partial charge in [0.25, 0.3) is 0 Å². The Morgan fingerprint density at radius 1 is 0.889 bits per heavy atom. The fourth-order valence-electron chi connectivity index (χ4n) is 7.22. The molecule has 0 fully saturated rings. The van der Waals surface area contributed by atoms with E-state index in [0.29, 0.717) is 51.7 Å². The lowest BCUT2D eigenvalue weighted by Crippen LogP contribution is -2.30. The maximum Gasteiger partial charge on any atom is 0.320 e. The second-order valence-electron chi connectivity index (χ2n) is 14.7. The lowest BCUT2D eigenvalue weighted by molar-refractivity contribution is -0.438. The molecule has 0 radical (unpaired) electrons. The van der Waals surface area contributed by atoms with Crippen LogP contribution < -0.4 is 16.0 Å². The SMILES string of the molecule is CCN1C(=C/C=C\C=CC2=[N+](CCCCCC(=O)NCCCC[C@H](N)C(=O)O)c3ccc(S(=O)(=O)[O-])cc3C2(C)C)C(C)(C)c2cc(S(=O)(=O)[O-])ccc21. The molecule has 2 aromatic carbocycles. The largest absolute Gasteiger partial charge is 0.744 e. The van der Waals surface area contributed by atoms with Gasteiger partial charge in [-0.25, -0.2) is 16.8 Å². The molecule has 0 saturated carbocycles. The number of unbranched alkanes of at least 4 members (excludes halogenated alkanes) is 3. The van der Waals surface area contributed by atoms with E-state index in [1.165, 1.54) is 24.3 Å². The van der Waals surface area contributed by atoms with Gasteiger partial charge in [0.1, 0.15) is 32.8 Å². The summed E-state index contributed by atoms with van der Waals surface area (Å²) in [6.07, 6.45) is 13.7. The Morgan fingerprint density at radius 2 is 1.54 bits per heavy atom. The number of hydrogen-bond donors (Lipinski definition) is 3. The van der Waals surface area contributed by atoms with Gasteiger partial charge in [0.15, 0.2) is 5.71 Å². The monoisotopic (exact) mass is 783 g/mol. The molecule has 0 aromatic heterocycles. The average Bonchev–Trinajstić information content (AvgIpc) is 3.44. The van der Waals surface area contributed by atoms with Crippen LogP contribution in [-0.4, -0.2) is 78.9 Å². The number of carboxylic acids is 1. The Balaban J connectivity index is 1.48. The summed E-state index contributed by atoms with van der Waals surface area (Å²) in [5.41, 5.74) is 9.28. The van der Waals surface area contributed by atoms with Crippen LogP contribution in [0.25, 0.3) is 0 Å². The molecule has 4 N–H and O–H groups in total. The number of hydrogen-bond acceptors (Lipinski definition) is 10. The number of rotatable bonds is 18. The van der Waals surface area contributed by atoms with Crippen molar-refractivity contribution >= 4 is 49.2 Å². The number of likely N-dealkylation sites (N-methyl/N-ethyl adjacent to an activating group) is 1. The van der Waals surface area contributed by atoms with E-state index >= 15 is 0 Å². The van der Waals surface area contributed by atoms with Gasteiger partial charge in [-0.1, -0.05) is 32.1 Å². The highest BCUT2D eigenvalue weighted by Gasteiger charge is 2.44. The van der Waals surface area contributed by atoms with Gasteiger partial charge in [-0.05, 0) is 94.8 Å². The summed E-state index contributed by atoms with van der Waals surface area (Å²) in [5, 5.41) is 11.7. The number of carbonyl (C=O) groups is 2. The summed E-state index contributed by atoms with van der Waals surface area (Å²) >= 11 is 0. The van der Waals surface area contributed by atoms with E-state index in [-0.39, 0.29) is 15.7 Å². The maximum atomic E-state index is 12.3. The molecule has 0 spiro atoms. The number of fused-ring (bicyclic) bond motifs is 2. The zero-order chi connectivity index (χ0) is 40.1. The molecule has 2 heterocycles. The molecule has 294 valence electrons. The molecule has 1 atom stereocenters. The number of aliphatic carboxylic acids is 1. The molecular formula is C39H51N4O9S2-. The van der Waals surface area contributed by atoms with Crippen molar-refractivity contribution in [2.24, 2.45) is 5.73 Å². The first-order chi connectivity index (χ1) is 25.2. The van der Waals surface area contributed by atoms with Crippen LogP contribution in [0.2, 0.25) is 0 Å². The topological polar surface area (TPSA) is 213 Å². The van der Waals surface area contributed by atoms with Gasteiger partial charge in [-0.2, -0.15) is 4.58 Å². The zero-order valence-electron chi connectivity index (χ0n) is 31.5. The predicted molar refractivity (Wildman–Crippen MR) is 205 cm³/mol. The third-order valence-electron chi connectivity index (χ3n) is 10.2. The Labute approximate surface area is 318 Å². The van der Waals surface area contributed by atoms with Crippen molar-refractivity contribution in [2.75, 3.05) is 24.5 Å². The van der Waals surface area contributed by atoms with Gasteiger partial charge in [-0.15, -0.1) is 0 Å². The number of amides is 1. The molecule has 15 heteroatoms. The maximum absolute atomic E-state index is 12.3. The fraction of sp³-hybridized carbons (Fsp3) is 0.462. The van der Waals surface area contributed by atoms with Gasteiger partial charge in [0.2, 0.25) is 11.6 Å². The van der Waals surface area contributed by atoms with Gasteiger partial charge in [0.05, 0.1) is 15.2 Å². The van der Waals surface area contributed by atoms with E-state index in [0.717, 1.165) is 46.8 Å². The standard InChI is InChI=1S/C39H52N4O9S2/c1-6-42-32-21-19-27(53(47,48)49)25-29(32)38(2,3)34(42)16-9-7-10-17-35-39(4,5)30-26-28(54(50,51)52)20-22-33(30)43(35)24-14-8-11-18-36(44)41-23-13-12-15-31(40)37(45)46/h7,9-10,16-17,19-22,25-26,31H,6,8,11-15,18,23-24,40H2,1-5H3,(H3-,41,44,45,46,47,48,49,50,51,52)/p-1/t31-/m0/s1. The second-order valence-corrected chi connectivity index (χ2v) is 17.5. The molecule has 0 unspecified atom stereocenters. The number of carboxylic acid groups (broad SMARTS) is 1. The fourth-order valence-corrected chi connectivity index (χ4v) is 8.21. The van der Waals surface area contributed by atoms with Crippen molar-refractivity contribution in [1.29, 1.82) is 0 Å². The molecule has 13 nitrogen and oxygen atoms in total. The molecule has 54 heavy (non-hydrogen) atoms. The summed E-state index contributed by atoms with van der Waals surface area (Å²) in [4.78, 5) is 24.7. The molecule has 0 aliphatic carbocycles. The first-order valence-electron chi connectivity index (χ1n) is 18.1. The highest BCUT2D eigenvalue weighted by atomic mass is 32.2. The minimum Gasteiger partial charge on any atom is -0.744 e. The Hall–Kier alpha value is -4.15. The van der Waals surface area contributed by atoms with Gasteiger partial charge >= 0.3 is 5.97 Å². The van der Waals surface area contributed by atoms with Crippen LogP contribution in [0.15, 0.2) is 82.3 Å². The summed E-state index contributed by atoms with van der Waals surface area (Å²) in [5.74, 6) is -1.10. The van der Waals surface area contributed by atoms with Crippen LogP contribution in [-0.2, 0) is 40.7 Å². The molecular weight excluding hydrogens is 733 g/mol. The molecule has 2 aromatic rings. The lowest BCUT2D eigenvalue weighted by atomic mass is 9.81. The summed E-state index contributed by atoms with van der Waals surface area (Å²) in [6, 6.07) is 8.03. The molecule has 2 aliphatic heterocycles. The minimum atomic E-state index is -4.67. The van der Waals surface area contributed by atoms with Crippen LogP contribution >= 0.6 is 0 Å². The highest BCUT2D eigenvalue weighted by molar-refractivity contribution is 7.86. The number of anilines is 1. The van der Waals surface area contributed by atoms with Crippen molar-refractivity contribution in [2.45, 2.75) is 106 Å². The number of nitrogens with two attached hydrogens (primary N) is 1. The Morgan fingerprint density at radius 3 is 2.17 bits per heavy atom. The van der Waals surface area contributed by atoms with E-state index in [9.17, 15) is 35.5 Å². The highest BCUT2D eigenvalue weighted by Crippen LogP contribution is 2.48. The van der Waals surface area contributed by atoms with E-state index in [1.54, 1.807) is 12.1 Å². The normalized spacial score (nSPS) is 17.8. The van der Waals surface area contributed by atoms with E-state index in [2.05, 4.69) is 14.8 Å². The molecule has 2 aliphatic rings. The van der Waals surface area contributed by atoms with Crippen LogP contribution in [0, 0.1) is 0 Å². The van der Waals surface area contributed by atoms with E-state index < -0.39 is 43.1 Å². The zero-order valence-corrected chi connectivity index (χ0v) is 33.1. The second kappa shape index (κ2) is 17.1. The average molecular weight is 784 g/mol. The van der Waals surface area contributed by atoms with Gasteiger partial charge in [-0.3, -0.25) is 9.59 Å². The van der Waals surface area contributed by atoms with Crippen molar-refractivity contribution in [3.8, 4) is 0 Å². The Kier molecular flexibility index (Phi) is 13.5. The summed E-state index contributed by atoms with van der Waals surface area (Å²) < 4.78 is 73.1. The van der Waals surface area contributed by atoms with Crippen molar-refractivity contribution in [3.05, 3.63) is 83.6 Å². The lowest BCUT2D eigenvalue weighted by Gasteiger charge is -2.25. The van der Waals surface area contributed by atoms with Crippen molar-refractivity contribution in [1.82, 2.24) is 5.32 Å². The summed E-state index contributed by atoms with van der Waals surface area (Å²) in [6.45, 7) is 11.6. The molecule has 4 rings (SSSR count). The van der Waals surface area contributed by atoms with Crippen LogP contribution in [0.4, 0.5) is 11.4 Å². The number of allylic oxidation sites excluding steroid dienone is 6. The smallest absolute Gasteiger partial charge is 0.320 e. The van der Waals surface area contributed by atoms with E-state index in [1.807, 2.05) is 65.0 Å². The van der Waals surface area contributed by atoms with Crippen LogP contribution in [0.5, 0.6) is 0 Å². The van der Waals surface area contributed by atoms with Gasteiger partial charge in [0, 0.05) is 60.4 Å². The number of nitrogens with zero attached hydrogens (tertiary/aromatic N) is 2. The number of benzene rings is 2. The molecule has 0 saturated heterocycles. The van der Waals surface area contributed by atoms with Crippen molar-refractivity contribution < 1.29 is 45.2 Å². The third kappa shape index (κ3) is 9.74. The predicted octanol–water partition coefficient (Wildman–Crippen LogP) is 4.94. The summed E-state index contributed by atoms with van der Waals surface area (Å²) in [7, 11) is -9.28. The van der Waals surface area contributed by atoms with Gasteiger partial charge < -0.3 is 30.2 Å². The first kappa shape index (κ1) is 42.6.